The lowest BCUT2D eigenvalue weighted by molar-refractivity contribution is -0.138. The fourth-order valence-corrected chi connectivity index (χ4v) is 7.15. The maximum atomic E-state index is 12.2. The molecule has 0 spiro atoms. The van der Waals surface area contributed by atoms with Gasteiger partial charge in [-0.05, 0) is 84.6 Å². The van der Waals surface area contributed by atoms with Gasteiger partial charge in [0.25, 0.3) is 0 Å². The summed E-state index contributed by atoms with van der Waals surface area (Å²) in [5.41, 5.74) is 0.652. The molecule has 6 aromatic rings. The van der Waals surface area contributed by atoms with Gasteiger partial charge >= 0.3 is 23.9 Å². The Balaban J connectivity index is 0.000000170. The quantitative estimate of drug-likeness (QED) is 0.0706. The van der Waals surface area contributed by atoms with Crippen molar-refractivity contribution in [1.29, 1.82) is 0 Å². The third-order valence-electron chi connectivity index (χ3n) is 10.3. The molecule has 0 amide bonds. The molecule has 20 nitrogen and oxygen atoms in total. The number of carbonyl (C=O) groups is 4. The molecule has 0 fully saturated rings. The fraction of sp³-hybridized carbons (Fsp3) is 0.167. The van der Waals surface area contributed by atoms with Crippen molar-refractivity contribution in [3.63, 3.8) is 0 Å². The number of hydrogen-bond donors (Lipinski definition) is 4. The Morgan fingerprint density at radius 2 is 0.706 bits per heavy atom. The lowest BCUT2D eigenvalue weighted by atomic mass is 10.1. The van der Waals surface area contributed by atoms with Crippen LogP contribution in [0.4, 0.5) is 0 Å². The van der Waals surface area contributed by atoms with Crippen molar-refractivity contribution in [2.45, 2.75) is 25.7 Å². The molecule has 20 heteroatoms. The highest BCUT2D eigenvalue weighted by Crippen LogP contribution is 2.45. The van der Waals surface area contributed by atoms with Crippen LogP contribution in [0.2, 0.25) is 0 Å². The molecule has 0 atom stereocenters. The molecule has 0 saturated carbocycles. The predicted molar refractivity (Wildman–Crippen MR) is 229 cm³/mol. The van der Waals surface area contributed by atoms with Crippen LogP contribution < -0.4 is 56.8 Å². The second kappa shape index (κ2) is 19.1. The van der Waals surface area contributed by atoms with Crippen molar-refractivity contribution < 1.29 is 96.4 Å². The first-order valence-electron chi connectivity index (χ1n) is 20.5. The van der Waals surface area contributed by atoms with E-state index in [-0.39, 0.29) is 98.5 Å². The maximum Gasteiger partial charge on any atom is 0.343 e. The third-order valence-corrected chi connectivity index (χ3v) is 10.3. The highest BCUT2D eigenvalue weighted by atomic mass is 16.7. The van der Waals surface area contributed by atoms with Crippen LogP contribution in [0.5, 0.6) is 92.0 Å². The normalized spacial score (nSPS) is 12.9. The second-order valence-electron chi connectivity index (χ2n) is 14.7. The van der Waals surface area contributed by atoms with Crippen LogP contribution in [0.25, 0.3) is 0 Å². The first-order chi connectivity index (χ1) is 32.9. The van der Waals surface area contributed by atoms with Crippen molar-refractivity contribution >= 4 is 23.9 Å². The number of aryl methyl sites for hydroxylation is 2. The van der Waals surface area contributed by atoms with Crippen LogP contribution in [0, 0.1) is 0 Å². The minimum atomic E-state index is -1.26. The summed E-state index contributed by atoms with van der Waals surface area (Å²) >= 11 is 0. The van der Waals surface area contributed by atoms with E-state index in [0.29, 0.717) is 68.6 Å². The lowest BCUT2D eigenvalue weighted by Gasteiger charge is -2.16. The molecule has 10 rings (SSSR count). The Kier molecular flexibility index (Phi) is 12.4. The van der Waals surface area contributed by atoms with Gasteiger partial charge in [-0.2, -0.15) is 0 Å². The highest BCUT2D eigenvalue weighted by molar-refractivity contribution is 5.95. The minimum Gasteiger partial charge on any atom is -0.481 e. The smallest absolute Gasteiger partial charge is 0.343 e. The van der Waals surface area contributed by atoms with Crippen LogP contribution in [-0.2, 0) is 22.4 Å². The van der Waals surface area contributed by atoms with Crippen molar-refractivity contribution in [2.24, 2.45) is 0 Å². The zero-order chi connectivity index (χ0) is 47.3. The zero-order valence-electron chi connectivity index (χ0n) is 35.2. The number of benzene rings is 6. The highest BCUT2D eigenvalue weighted by Gasteiger charge is 2.26. The van der Waals surface area contributed by atoms with Crippen LogP contribution in [-0.4, -0.2) is 71.5 Å². The number of rotatable bonds is 16. The van der Waals surface area contributed by atoms with Gasteiger partial charge in [0, 0.05) is 37.1 Å². The SMILES string of the molecule is O=C(O)CCc1cc2c(cc1Oc1cccc(Oc3ccc4c(c3)OCO4)c1C(=O)O)OCO2.O=C(O)CCc1cc2c(cc1Oc1cccc(Oc3ccc4c(c3)OCO4)c1C(=O)O)OCO2. The summed E-state index contributed by atoms with van der Waals surface area (Å²) in [5, 5.41) is 38.0. The molecular formula is C48H36O20. The summed E-state index contributed by atoms with van der Waals surface area (Å²) in [4.78, 5) is 46.5. The summed E-state index contributed by atoms with van der Waals surface area (Å²) < 4.78 is 66.4. The van der Waals surface area contributed by atoms with E-state index in [1.54, 1.807) is 72.8 Å². The Hall–Kier alpha value is -9.20. The molecule has 0 radical (unpaired) electrons. The van der Waals surface area contributed by atoms with Crippen LogP contribution in [0.3, 0.4) is 0 Å². The van der Waals surface area contributed by atoms with E-state index in [4.69, 9.17) is 67.1 Å². The Bertz CT molecular complexity index is 2760. The van der Waals surface area contributed by atoms with E-state index >= 15 is 0 Å². The first-order valence-corrected chi connectivity index (χ1v) is 20.5. The molecule has 0 saturated heterocycles. The van der Waals surface area contributed by atoms with Crippen LogP contribution in [0.1, 0.15) is 44.7 Å². The predicted octanol–water partition coefficient (Wildman–Crippen LogP) is 8.89. The van der Waals surface area contributed by atoms with Crippen molar-refractivity contribution in [1.82, 2.24) is 0 Å². The third kappa shape index (κ3) is 9.73. The van der Waals surface area contributed by atoms with E-state index in [9.17, 15) is 29.4 Å². The number of hydrogen-bond acceptors (Lipinski definition) is 16. The molecule has 4 aliphatic rings. The van der Waals surface area contributed by atoms with Gasteiger partial charge in [0.1, 0.15) is 57.1 Å². The summed E-state index contributed by atoms with van der Waals surface area (Å²) in [6, 6.07) is 25.3. The van der Waals surface area contributed by atoms with Gasteiger partial charge in [-0.3, -0.25) is 9.59 Å². The molecule has 0 bridgehead atoms. The minimum absolute atomic E-state index is 0.0150. The number of carboxylic acid groups (broad SMARTS) is 4. The van der Waals surface area contributed by atoms with Gasteiger partial charge in [0.2, 0.25) is 27.2 Å². The lowest BCUT2D eigenvalue weighted by Crippen LogP contribution is -2.05. The second-order valence-corrected chi connectivity index (χ2v) is 14.7. The van der Waals surface area contributed by atoms with E-state index in [0.717, 1.165) is 0 Å². The van der Waals surface area contributed by atoms with E-state index in [1.165, 1.54) is 24.3 Å². The first kappa shape index (κ1) is 44.0. The summed E-state index contributed by atoms with van der Waals surface area (Å²) in [7, 11) is 0. The Labute approximate surface area is 383 Å². The molecule has 4 aliphatic heterocycles. The monoisotopic (exact) mass is 932 g/mol. The van der Waals surface area contributed by atoms with Gasteiger partial charge < -0.3 is 77.3 Å². The van der Waals surface area contributed by atoms with Crippen LogP contribution >= 0.6 is 0 Å². The number of fused-ring (bicyclic) bond motifs is 4. The fourth-order valence-electron chi connectivity index (χ4n) is 7.15. The van der Waals surface area contributed by atoms with Gasteiger partial charge in [-0.25, -0.2) is 9.59 Å². The van der Waals surface area contributed by atoms with E-state index in [2.05, 4.69) is 0 Å². The largest absolute Gasteiger partial charge is 0.481 e. The number of ether oxygens (including phenoxy) is 12. The van der Waals surface area contributed by atoms with Crippen LogP contribution in [0.15, 0.2) is 97.1 Å². The molecular weight excluding hydrogens is 897 g/mol. The summed E-state index contributed by atoms with van der Waals surface area (Å²) in [6.45, 7) is 0.247. The molecule has 6 aromatic carbocycles. The average Bonchev–Trinajstić information content (AvgIpc) is 4.15. The molecule has 4 heterocycles. The number of aliphatic carboxylic acids is 2. The molecule has 0 aromatic heterocycles. The van der Waals surface area contributed by atoms with Crippen molar-refractivity contribution in [2.75, 3.05) is 27.2 Å². The van der Waals surface area contributed by atoms with E-state index in [1.807, 2.05) is 0 Å². The van der Waals surface area contributed by atoms with Gasteiger partial charge in [-0.1, -0.05) is 12.1 Å². The maximum absolute atomic E-state index is 12.2. The Morgan fingerprint density at radius 1 is 0.382 bits per heavy atom. The Morgan fingerprint density at radius 3 is 1.06 bits per heavy atom. The van der Waals surface area contributed by atoms with Gasteiger partial charge in [0.05, 0.1) is 0 Å². The standard InChI is InChI=1S/2C24H18O10/c2*25-22(26)7-4-13-8-19-21(32-12-30-19)10-18(13)34-17-3-1-2-16(23(17)24(27)28)33-14-5-6-15-20(9-14)31-11-29-15/h2*1-3,5-6,8-10H,4,7,11-12H2,(H,25,26)(H,27,28). The van der Waals surface area contributed by atoms with Crippen molar-refractivity contribution in [3.8, 4) is 92.0 Å². The van der Waals surface area contributed by atoms with E-state index < -0.39 is 23.9 Å². The van der Waals surface area contributed by atoms with Gasteiger partial charge in [-0.15, -0.1) is 0 Å². The molecule has 348 valence electrons. The van der Waals surface area contributed by atoms with Crippen molar-refractivity contribution in [3.05, 3.63) is 119 Å². The zero-order valence-corrected chi connectivity index (χ0v) is 35.2. The molecule has 0 aliphatic carbocycles. The summed E-state index contributed by atoms with van der Waals surface area (Å²) in [6.07, 6.45) is 0.0122. The molecule has 4 N–H and O–H groups in total. The molecule has 68 heavy (non-hydrogen) atoms. The number of carboxylic acids is 4. The van der Waals surface area contributed by atoms with Gasteiger partial charge in [0.15, 0.2) is 46.0 Å². The molecule has 0 unspecified atom stereocenters. The average molecular weight is 933 g/mol. The topological polar surface area (TPSA) is 260 Å². The number of aromatic carboxylic acids is 2. The summed E-state index contributed by atoms with van der Waals surface area (Å²) in [5.74, 6) is 0.756.